The molecule has 0 bridgehead atoms. The monoisotopic (exact) mass is 608 g/mol. The maximum Gasteiger partial charge on any atom is 0.352 e. The summed E-state index contributed by atoms with van der Waals surface area (Å²) < 4.78 is 5.48. The number of hydrogen-bond donors (Lipinski definition) is 3. The highest BCUT2D eigenvalue weighted by molar-refractivity contribution is 8.01. The number of aliphatic carboxylic acids is 1. The van der Waals surface area contributed by atoms with Crippen LogP contribution >= 0.6 is 46.7 Å². The Labute approximate surface area is 237 Å². The maximum atomic E-state index is 13.2. The first-order chi connectivity index (χ1) is 18.7. The van der Waals surface area contributed by atoms with Crippen molar-refractivity contribution in [2.75, 3.05) is 17.2 Å². The van der Waals surface area contributed by atoms with Gasteiger partial charge >= 0.3 is 5.97 Å². The Hall–Kier alpha value is -3.74. The van der Waals surface area contributed by atoms with E-state index in [2.05, 4.69) is 35.4 Å². The van der Waals surface area contributed by atoms with Crippen molar-refractivity contribution < 1.29 is 24.3 Å². The number of aryl methyl sites for hydroxylation is 1. The van der Waals surface area contributed by atoms with E-state index in [9.17, 15) is 19.5 Å². The van der Waals surface area contributed by atoms with Crippen LogP contribution in [0.3, 0.4) is 0 Å². The first-order valence-electron chi connectivity index (χ1n) is 10.9. The number of nitrogen functional groups attached to an aromatic ring is 1. The molecule has 202 valence electrons. The summed E-state index contributed by atoms with van der Waals surface area (Å²) in [6.45, 7) is 0. The second-order valence-electron chi connectivity index (χ2n) is 7.93. The number of tetrazole rings is 1. The van der Waals surface area contributed by atoms with Crippen molar-refractivity contribution >= 4 is 75.3 Å². The van der Waals surface area contributed by atoms with Crippen LogP contribution in [-0.4, -0.2) is 86.0 Å². The molecule has 4 N–H and O–H groups in total. The number of halogens is 1. The molecule has 4 heterocycles. The standard InChI is InChI=1S/C20H17ClN10O5S3/c1-30-20(25-28-29-30)38-7-8-6-37-17-12(16(33)31(17)13(8)18(34)35)23-15(32)11(14-24-19(22)39-27-14)26-36-10-4-2-9(21)3-5-10/h2-5,12,17H,6-7H2,1H3,(H,23,32)(H,34,35)(H2,22,24,27)/b26-11-/t12?,17-/m1/s1. The Balaban J connectivity index is 1.32. The van der Waals surface area contributed by atoms with Gasteiger partial charge in [0, 0.05) is 35.1 Å². The number of nitrogens with one attached hydrogen (secondary N) is 1. The number of anilines is 1. The minimum atomic E-state index is -1.24. The number of benzene rings is 1. The van der Waals surface area contributed by atoms with Gasteiger partial charge in [0.2, 0.25) is 16.7 Å². The highest BCUT2D eigenvalue weighted by Crippen LogP contribution is 2.41. The Morgan fingerprint density at radius 3 is 2.77 bits per heavy atom. The maximum absolute atomic E-state index is 13.2. The van der Waals surface area contributed by atoms with Crippen molar-refractivity contribution in [1.29, 1.82) is 0 Å². The molecule has 0 spiro atoms. The fourth-order valence-corrected chi connectivity index (χ4v) is 6.50. The molecule has 5 rings (SSSR count). The van der Waals surface area contributed by atoms with Crippen LogP contribution in [0.5, 0.6) is 5.75 Å². The number of fused-ring (bicyclic) bond motifs is 1. The second-order valence-corrected chi connectivity index (χ2v) is 11.2. The third kappa shape index (κ3) is 5.54. The van der Waals surface area contributed by atoms with Crippen LogP contribution in [0.2, 0.25) is 5.02 Å². The van der Waals surface area contributed by atoms with Gasteiger partial charge in [-0.15, -0.1) is 16.9 Å². The van der Waals surface area contributed by atoms with Crippen molar-refractivity contribution in [2.24, 2.45) is 12.2 Å². The molecule has 0 saturated carbocycles. The van der Waals surface area contributed by atoms with E-state index in [-0.39, 0.29) is 28.1 Å². The van der Waals surface area contributed by atoms with Gasteiger partial charge in [-0.2, -0.15) is 9.36 Å². The molecule has 1 aromatic carbocycles. The lowest BCUT2D eigenvalue weighted by Gasteiger charge is -2.49. The van der Waals surface area contributed by atoms with Crippen LogP contribution in [0.4, 0.5) is 5.13 Å². The number of rotatable bonds is 9. The van der Waals surface area contributed by atoms with Crippen LogP contribution < -0.4 is 15.9 Å². The van der Waals surface area contributed by atoms with E-state index in [0.717, 1.165) is 11.5 Å². The molecule has 2 atom stereocenters. The number of oxime groups is 1. The number of nitrogens with zero attached hydrogens (tertiary/aromatic N) is 8. The zero-order chi connectivity index (χ0) is 27.7. The molecule has 2 aliphatic rings. The number of carboxylic acids is 1. The summed E-state index contributed by atoms with van der Waals surface area (Å²) in [5.41, 5.74) is 5.78. The van der Waals surface area contributed by atoms with E-state index in [0.29, 0.717) is 27.3 Å². The smallest absolute Gasteiger partial charge is 0.352 e. The summed E-state index contributed by atoms with van der Waals surface area (Å²) in [5.74, 6) is -1.82. The topological polar surface area (TPSA) is 204 Å². The predicted octanol–water partition coefficient (Wildman–Crippen LogP) is 0.611. The number of nitrogens with two attached hydrogens (primary N) is 1. The van der Waals surface area contributed by atoms with Crippen LogP contribution in [0.25, 0.3) is 0 Å². The second kappa shape index (κ2) is 11.2. The van der Waals surface area contributed by atoms with Crippen molar-refractivity contribution in [3.63, 3.8) is 0 Å². The molecule has 1 unspecified atom stereocenters. The first-order valence-corrected chi connectivity index (χ1v) is 14.1. The lowest BCUT2D eigenvalue weighted by molar-refractivity contribution is -0.150. The first kappa shape index (κ1) is 26.9. The van der Waals surface area contributed by atoms with Gasteiger partial charge < -0.3 is 21.0 Å². The molecule has 1 fully saturated rings. The molecule has 2 amide bonds. The van der Waals surface area contributed by atoms with Crippen LogP contribution in [0.1, 0.15) is 5.82 Å². The molecule has 2 aromatic heterocycles. The predicted molar refractivity (Wildman–Crippen MR) is 142 cm³/mol. The molecule has 19 heteroatoms. The normalized spacial score (nSPS) is 19.0. The lowest BCUT2D eigenvalue weighted by atomic mass is 10.0. The van der Waals surface area contributed by atoms with Gasteiger partial charge in [0.05, 0.1) is 0 Å². The van der Waals surface area contributed by atoms with E-state index in [1.807, 2.05) is 0 Å². The Morgan fingerprint density at radius 2 is 2.13 bits per heavy atom. The molecule has 39 heavy (non-hydrogen) atoms. The average Bonchev–Trinajstić information content (AvgIpc) is 3.53. The van der Waals surface area contributed by atoms with Crippen molar-refractivity contribution in [1.82, 2.24) is 39.8 Å². The van der Waals surface area contributed by atoms with Crippen LogP contribution in [-0.2, 0) is 21.4 Å². The Bertz CT molecular complexity index is 1510. The Morgan fingerprint density at radius 1 is 1.36 bits per heavy atom. The Kier molecular flexibility index (Phi) is 7.69. The zero-order valence-electron chi connectivity index (χ0n) is 19.7. The highest BCUT2D eigenvalue weighted by Gasteiger charge is 2.54. The molecule has 3 aromatic rings. The quantitative estimate of drug-likeness (QED) is 0.132. The fraction of sp³-hybridized carbons (Fsp3) is 0.250. The van der Waals surface area contributed by atoms with Gasteiger partial charge in [-0.3, -0.25) is 14.5 Å². The third-order valence-corrected chi connectivity index (χ3v) is 8.65. The number of aromatic nitrogens is 6. The summed E-state index contributed by atoms with van der Waals surface area (Å²) in [4.78, 5) is 48.9. The summed E-state index contributed by atoms with van der Waals surface area (Å²) in [6, 6.07) is 5.25. The van der Waals surface area contributed by atoms with Crippen molar-refractivity contribution in [3.05, 3.63) is 46.4 Å². The van der Waals surface area contributed by atoms with Gasteiger partial charge in [0.25, 0.3) is 11.8 Å². The summed E-state index contributed by atoms with van der Waals surface area (Å²) in [7, 11) is 1.67. The number of carbonyl (C=O) groups excluding carboxylic acids is 2. The van der Waals surface area contributed by atoms with Gasteiger partial charge in [-0.25, -0.2) is 9.48 Å². The molecule has 2 aliphatic heterocycles. The average molecular weight is 609 g/mol. The largest absolute Gasteiger partial charge is 0.477 e. The van der Waals surface area contributed by atoms with Crippen LogP contribution in [0, 0.1) is 0 Å². The minimum absolute atomic E-state index is 0.0902. The molecular formula is C20H17ClN10O5S3. The number of amides is 2. The minimum Gasteiger partial charge on any atom is -0.477 e. The molecule has 0 aliphatic carbocycles. The zero-order valence-corrected chi connectivity index (χ0v) is 22.9. The van der Waals surface area contributed by atoms with Gasteiger partial charge in [0.15, 0.2) is 10.9 Å². The summed E-state index contributed by atoms with van der Waals surface area (Å²) >= 11 is 9.32. The van der Waals surface area contributed by atoms with Crippen molar-refractivity contribution in [2.45, 2.75) is 16.6 Å². The van der Waals surface area contributed by atoms with E-state index < -0.39 is 29.2 Å². The molecule has 15 nitrogen and oxygen atoms in total. The SMILES string of the molecule is Cn1nnnc1SCC1=C(C(=O)O)N2C(=O)C(NC(=O)/C(=N\Oc3ccc(Cl)cc3)c3nsc(N)n3)[C@H]2SC1. The van der Waals surface area contributed by atoms with Crippen molar-refractivity contribution in [3.8, 4) is 5.75 Å². The molecule has 1 saturated heterocycles. The van der Waals surface area contributed by atoms with Gasteiger partial charge in [-0.1, -0.05) is 28.5 Å². The summed E-state index contributed by atoms with van der Waals surface area (Å²) in [6.07, 6.45) is 0. The number of thioether (sulfide) groups is 2. The van der Waals surface area contributed by atoms with E-state index in [4.69, 9.17) is 22.2 Å². The van der Waals surface area contributed by atoms with E-state index in [1.54, 1.807) is 31.3 Å². The van der Waals surface area contributed by atoms with Gasteiger partial charge in [0.1, 0.15) is 17.1 Å². The number of carboxylic acid groups (broad SMARTS) is 1. The lowest BCUT2D eigenvalue weighted by Crippen LogP contribution is -2.71. The van der Waals surface area contributed by atoms with Gasteiger partial charge in [-0.05, 0) is 40.3 Å². The fourth-order valence-electron chi connectivity index (χ4n) is 3.61. The van der Waals surface area contributed by atoms with E-state index in [1.165, 1.54) is 33.1 Å². The summed E-state index contributed by atoms with van der Waals surface area (Å²) in [5, 5.41) is 28.0. The molecular weight excluding hydrogens is 592 g/mol. The van der Waals surface area contributed by atoms with E-state index >= 15 is 0 Å². The highest BCUT2D eigenvalue weighted by atomic mass is 35.5. The number of hydrogen-bond acceptors (Lipinski definition) is 14. The number of β-lactam (4-membered cyclic amide) rings is 1. The van der Waals surface area contributed by atoms with Crippen LogP contribution in [0.15, 0.2) is 45.8 Å². The number of carbonyl (C=O) groups is 3. The molecule has 0 radical (unpaired) electrons. The third-order valence-electron chi connectivity index (χ3n) is 5.42.